The SMILES string of the molecule is CC(C)c1c(O)c(O)c2c(c1O)C=C[C@H]1C(C)(C)CCC[C@]21C(=O)O. The second kappa shape index (κ2) is 5.41. The third-order valence-electron chi connectivity index (χ3n) is 6.12. The summed E-state index contributed by atoms with van der Waals surface area (Å²) >= 11 is 0. The minimum absolute atomic E-state index is 0.140. The number of rotatable bonds is 2. The summed E-state index contributed by atoms with van der Waals surface area (Å²) in [6.07, 6.45) is 5.51. The Hall–Kier alpha value is -2.17. The molecule has 0 saturated heterocycles. The smallest absolute Gasteiger partial charge is 0.314 e. The van der Waals surface area contributed by atoms with Crippen molar-refractivity contribution in [2.45, 2.75) is 58.3 Å². The Morgan fingerprint density at radius 3 is 2.32 bits per heavy atom. The normalized spacial score (nSPS) is 27.0. The lowest BCUT2D eigenvalue weighted by atomic mass is 9.51. The van der Waals surface area contributed by atoms with E-state index >= 15 is 0 Å². The molecule has 1 aromatic rings. The molecule has 0 unspecified atom stereocenters. The highest BCUT2D eigenvalue weighted by Crippen LogP contribution is 2.61. The molecule has 0 spiro atoms. The van der Waals surface area contributed by atoms with Crippen molar-refractivity contribution >= 4 is 12.0 Å². The number of phenolic OH excluding ortho intramolecular Hbond substituents is 3. The van der Waals surface area contributed by atoms with E-state index < -0.39 is 22.9 Å². The molecule has 2 aliphatic rings. The van der Waals surface area contributed by atoms with Crippen molar-refractivity contribution in [1.82, 2.24) is 0 Å². The van der Waals surface area contributed by atoms with Gasteiger partial charge in [-0.05, 0) is 24.2 Å². The zero-order valence-electron chi connectivity index (χ0n) is 15.1. The van der Waals surface area contributed by atoms with Gasteiger partial charge >= 0.3 is 5.97 Å². The largest absolute Gasteiger partial charge is 0.507 e. The van der Waals surface area contributed by atoms with Gasteiger partial charge in [-0.1, -0.05) is 46.3 Å². The van der Waals surface area contributed by atoms with Gasteiger partial charge in [0.05, 0.1) is 0 Å². The van der Waals surface area contributed by atoms with E-state index in [2.05, 4.69) is 0 Å². The van der Waals surface area contributed by atoms with Crippen LogP contribution in [0.1, 0.15) is 69.6 Å². The number of hydrogen-bond donors (Lipinski definition) is 4. The Kier molecular flexibility index (Phi) is 3.82. The van der Waals surface area contributed by atoms with E-state index in [1.165, 1.54) is 0 Å². The summed E-state index contributed by atoms with van der Waals surface area (Å²) in [5.41, 5.74) is -0.899. The second-order valence-corrected chi connectivity index (χ2v) is 8.36. The predicted octanol–water partition coefficient (Wildman–Crippen LogP) is 4.10. The number of carboxylic acid groups (broad SMARTS) is 1. The second-order valence-electron chi connectivity index (χ2n) is 8.36. The van der Waals surface area contributed by atoms with Gasteiger partial charge in [0, 0.05) is 22.6 Å². The van der Waals surface area contributed by atoms with Gasteiger partial charge in [0.15, 0.2) is 11.5 Å². The van der Waals surface area contributed by atoms with Gasteiger partial charge < -0.3 is 20.4 Å². The molecule has 136 valence electrons. The number of aromatic hydroxyl groups is 3. The minimum Gasteiger partial charge on any atom is -0.507 e. The molecular formula is C20H26O5. The van der Waals surface area contributed by atoms with E-state index in [0.717, 1.165) is 6.42 Å². The Morgan fingerprint density at radius 1 is 1.12 bits per heavy atom. The van der Waals surface area contributed by atoms with E-state index in [1.54, 1.807) is 19.9 Å². The van der Waals surface area contributed by atoms with Gasteiger partial charge in [0.25, 0.3) is 0 Å². The van der Waals surface area contributed by atoms with Crippen molar-refractivity contribution in [3.63, 3.8) is 0 Å². The molecule has 1 fully saturated rings. The average Bonchev–Trinajstić information content (AvgIpc) is 2.51. The molecule has 4 N–H and O–H groups in total. The van der Waals surface area contributed by atoms with Crippen LogP contribution in [0.5, 0.6) is 17.2 Å². The van der Waals surface area contributed by atoms with Crippen LogP contribution < -0.4 is 0 Å². The van der Waals surface area contributed by atoms with Gasteiger partial charge in [-0.2, -0.15) is 0 Å². The van der Waals surface area contributed by atoms with Gasteiger partial charge in [0.2, 0.25) is 0 Å². The lowest BCUT2D eigenvalue weighted by molar-refractivity contribution is -0.150. The molecular weight excluding hydrogens is 320 g/mol. The van der Waals surface area contributed by atoms with Crippen LogP contribution >= 0.6 is 0 Å². The molecule has 0 heterocycles. The number of phenols is 3. The fourth-order valence-corrected chi connectivity index (χ4v) is 4.96. The van der Waals surface area contributed by atoms with Gasteiger partial charge in [-0.3, -0.25) is 4.79 Å². The molecule has 25 heavy (non-hydrogen) atoms. The summed E-state index contributed by atoms with van der Waals surface area (Å²) in [5.74, 6) is -2.53. The van der Waals surface area contributed by atoms with Gasteiger partial charge in [-0.15, -0.1) is 0 Å². The quantitative estimate of drug-likeness (QED) is 0.477. The number of carboxylic acids is 1. The molecule has 0 bridgehead atoms. The highest BCUT2D eigenvalue weighted by atomic mass is 16.4. The number of fused-ring (bicyclic) bond motifs is 3. The maximum atomic E-state index is 12.4. The molecule has 5 nitrogen and oxygen atoms in total. The predicted molar refractivity (Wildman–Crippen MR) is 95.0 cm³/mol. The third-order valence-corrected chi connectivity index (χ3v) is 6.12. The van der Waals surface area contributed by atoms with E-state index in [-0.39, 0.29) is 34.1 Å². The van der Waals surface area contributed by atoms with Crippen molar-refractivity contribution in [1.29, 1.82) is 0 Å². The highest BCUT2D eigenvalue weighted by Gasteiger charge is 2.58. The molecule has 5 heteroatoms. The van der Waals surface area contributed by atoms with Crippen molar-refractivity contribution in [3.8, 4) is 17.2 Å². The zero-order valence-corrected chi connectivity index (χ0v) is 15.1. The zero-order chi connectivity index (χ0) is 18.7. The lowest BCUT2D eigenvalue weighted by Crippen LogP contribution is -2.52. The Balaban J connectivity index is 2.41. The van der Waals surface area contributed by atoms with Crippen LogP contribution in [0.3, 0.4) is 0 Å². The average molecular weight is 346 g/mol. The maximum Gasteiger partial charge on any atom is 0.314 e. The van der Waals surface area contributed by atoms with Crippen LogP contribution in [0, 0.1) is 11.3 Å². The van der Waals surface area contributed by atoms with Gasteiger partial charge in [-0.25, -0.2) is 0 Å². The monoisotopic (exact) mass is 346 g/mol. The summed E-state index contributed by atoms with van der Waals surface area (Å²) in [6.45, 7) is 7.66. The van der Waals surface area contributed by atoms with E-state index in [4.69, 9.17) is 0 Å². The first-order valence-electron chi connectivity index (χ1n) is 8.78. The lowest BCUT2D eigenvalue weighted by Gasteiger charge is -2.51. The Morgan fingerprint density at radius 2 is 1.76 bits per heavy atom. The number of allylic oxidation sites excluding steroid dienone is 1. The summed E-state index contributed by atoms with van der Waals surface area (Å²) in [7, 11) is 0. The van der Waals surface area contributed by atoms with Crippen LogP contribution in [0.4, 0.5) is 0 Å². The molecule has 2 aliphatic carbocycles. The van der Waals surface area contributed by atoms with Crippen LogP contribution in [0.15, 0.2) is 6.08 Å². The number of carbonyl (C=O) groups is 1. The molecule has 0 aliphatic heterocycles. The fraction of sp³-hybridized carbons (Fsp3) is 0.550. The Labute approximate surface area is 147 Å². The summed E-state index contributed by atoms with van der Waals surface area (Å²) in [6, 6.07) is 0. The summed E-state index contributed by atoms with van der Waals surface area (Å²) in [4.78, 5) is 12.4. The standard InChI is InChI=1S/C20H26O5/c1-10(2)13-15(21)11-6-7-12-19(3,4)8-5-9-20(12,18(24)25)14(11)17(23)16(13)22/h6-7,10,12,21-23H,5,8-9H2,1-4H3,(H,24,25)/t12-,20+/m0/s1. The number of hydrogen-bond acceptors (Lipinski definition) is 4. The summed E-state index contributed by atoms with van der Waals surface area (Å²) in [5, 5.41) is 42.1. The van der Waals surface area contributed by atoms with Crippen molar-refractivity contribution in [3.05, 3.63) is 22.8 Å². The van der Waals surface area contributed by atoms with Crippen molar-refractivity contribution < 1.29 is 25.2 Å². The van der Waals surface area contributed by atoms with Gasteiger partial charge in [0.1, 0.15) is 11.2 Å². The first-order chi connectivity index (χ1) is 11.6. The molecule has 0 radical (unpaired) electrons. The molecule has 1 aromatic carbocycles. The minimum atomic E-state index is -1.35. The van der Waals surface area contributed by atoms with Crippen LogP contribution in [-0.4, -0.2) is 26.4 Å². The molecule has 0 amide bonds. The molecule has 3 rings (SSSR count). The third kappa shape index (κ3) is 2.17. The van der Waals surface area contributed by atoms with E-state index in [9.17, 15) is 25.2 Å². The fourth-order valence-electron chi connectivity index (χ4n) is 4.96. The molecule has 0 aromatic heterocycles. The molecule has 1 saturated carbocycles. The highest BCUT2D eigenvalue weighted by molar-refractivity contribution is 5.90. The first-order valence-corrected chi connectivity index (χ1v) is 8.78. The van der Waals surface area contributed by atoms with E-state index in [1.807, 2.05) is 19.9 Å². The van der Waals surface area contributed by atoms with Crippen LogP contribution in [0.2, 0.25) is 0 Å². The van der Waals surface area contributed by atoms with E-state index in [0.29, 0.717) is 18.4 Å². The maximum absolute atomic E-state index is 12.4. The Bertz CT molecular complexity index is 775. The molecule has 2 atom stereocenters. The van der Waals surface area contributed by atoms with Crippen LogP contribution in [-0.2, 0) is 10.2 Å². The summed E-state index contributed by atoms with van der Waals surface area (Å²) < 4.78 is 0. The van der Waals surface area contributed by atoms with Crippen molar-refractivity contribution in [2.24, 2.45) is 11.3 Å². The topological polar surface area (TPSA) is 98.0 Å². The number of benzene rings is 1. The van der Waals surface area contributed by atoms with Crippen LogP contribution in [0.25, 0.3) is 6.08 Å². The first kappa shape index (κ1) is 17.6. The van der Waals surface area contributed by atoms with Crippen molar-refractivity contribution in [2.75, 3.05) is 0 Å². The number of aliphatic carboxylic acids is 1.